The molecule has 32 heavy (non-hydrogen) atoms. The molecule has 2 aliphatic heterocycles. The van der Waals surface area contributed by atoms with Crippen molar-refractivity contribution in [3.8, 4) is 33.9 Å². The summed E-state index contributed by atoms with van der Waals surface area (Å²) in [7, 11) is 0. The molecule has 0 saturated heterocycles. The van der Waals surface area contributed by atoms with Crippen LogP contribution < -0.4 is 9.47 Å². The topological polar surface area (TPSA) is 65.5 Å². The highest BCUT2D eigenvalue weighted by atomic mass is 16.7. The number of nitrogens with zero attached hydrogens (tertiary/aromatic N) is 1. The van der Waals surface area contributed by atoms with E-state index in [0.29, 0.717) is 17.9 Å². The van der Waals surface area contributed by atoms with Crippen LogP contribution >= 0.6 is 0 Å². The van der Waals surface area contributed by atoms with Crippen LogP contribution in [0.4, 0.5) is 0 Å². The van der Waals surface area contributed by atoms with Gasteiger partial charge in [-0.05, 0) is 67.1 Å². The van der Waals surface area contributed by atoms with E-state index in [1.54, 1.807) is 0 Å². The number of nitrogens with one attached hydrogen (secondary N) is 1. The average molecular weight is 428 g/mol. The maximum absolute atomic E-state index is 13.3. The number of ether oxygens (including phenoxy) is 3. The van der Waals surface area contributed by atoms with Crippen molar-refractivity contribution >= 4 is 16.9 Å². The molecule has 1 atom stereocenters. The second kappa shape index (κ2) is 6.92. The third-order valence-electron chi connectivity index (χ3n) is 6.46. The Balaban J connectivity index is 1.62. The summed E-state index contributed by atoms with van der Waals surface area (Å²) >= 11 is 0. The van der Waals surface area contributed by atoms with Crippen molar-refractivity contribution < 1.29 is 19.0 Å². The number of hydrogen-bond acceptors (Lipinski definition) is 4. The molecule has 0 amide bonds. The third kappa shape index (κ3) is 2.68. The molecule has 0 fully saturated rings. The molecule has 0 radical (unpaired) electrons. The van der Waals surface area contributed by atoms with E-state index < -0.39 is 0 Å². The van der Waals surface area contributed by atoms with Gasteiger partial charge in [-0.2, -0.15) is 0 Å². The Morgan fingerprint density at radius 1 is 1.19 bits per heavy atom. The lowest BCUT2D eigenvalue weighted by molar-refractivity contribution is 0.0527. The van der Waals surface area contributed by atoms with Gasteiger partial charge in [0.1, 0.15) is 0 Å². The summed E-state index contributed by atoms with van der Waals surface area (Å²) in [5.41, 5.74) is 7.76. The summed E-state index contributed by atoms with van der Waals surface area (Å²) in [6.07, 6.45) is 2.48. The summed E-state index contributed by atoms with van der Waals surface area (Å²) in [6, 6.07) is 12.4. The van der Waals surface area contributed by atoms with Crippen LogP contribution in [0.2, 0.25) is 0 Å². The molecule has 6 nitrogen and oxygen atoms in total. The second-order valence-electron chi connectivity index (χ2n) is 8.35. The van der Waals surface area contributed by atoms with Gasteiger partial charge >= 0.3 is 5.97 Å². The zero-order chi connectivity index (χ0) is 22.0. The fourth-order valence-corrected chi connectivity index (χ4v) is 5.09. The number of esters is 1. The Morgan fingerprint density at radius 3 is 2.81 bits per heavy atom. The molecule has 162 valence electrons. The van der Waals surface area contributed by atoms with Crippen molar-refractivity contribution in [3.05, 3.63) is 59.4 Å². The van der Waals surface area contributed by atoms with Gasteiger partial charge in [0.25, 0.3) is 0 Å². The highest BCUT2D eigenvalue weighted by Gasteiger charge is 2.33. The van der Waals surface area contributed by atoms with Crippen LogP contribution in [0.1, 0.15) is 35.5 Å². The molecule has 0 spiro atoms. The van der Waals surface area contributed by atoms with Gasteiger partial charge in [-0.1, -0.05) is 6.07 Å². The number of aromatic nitrogens is 2. The Hall–Kier alpha value is -3.67. The minimum atomic E-state index is -0.310. The first-order chi connectivity index (χ1) is 15.5. The van der Waals surface area contributed by atoms with E-state index in [4.69, 9.17) is 14.2 Å². The summed E-state index contributed by atoms with van der Waals surface area (Å²) in [5.74, 6) is 1.19. The lowest BCUT2D eigenvalue weighted by Gasteiger charge is -2.22. The largest absolute Gasteiger partial charge is 0.462 e. The molecule has 0 bridgehead atoms. The van der Waals surface area contributed by atoms with E-state index in [0.717, 1.165) is 63.3 Å². The van der Waals surface area contributed by atoms with E-state index >= 15 is 0 Å². The van der Waals surface area contributed by atoms with Crippen LogP contribution in [0.15, 0.2) is 42.6 Å². The van der Waals surface area contributed by atoms with E-state index in [2.05, 4.69) is 40.7 Å². The number of aryl methyl sites for hydroxylation is 1. The number of fused-ring (bicyclic) bond motifs is 5. The maximum atomic E-state index is 13.3. The second-order valence-corrected chi connectivity index (χ2v) is 8.35. The maximum Gasteiger partial charge on any atom is 0.340 e. The van der Waals surface area contributed by atoms with Crippen molar-refractivity contribution in [2.75, 3.05) is 6.61 Å². The fourth-order valence-electron chi connectivity index (χ4n) is 5.09. The van der Waals surface area contributed by atoms with E-state index in [1.807, 2.05) is 32.2 Å². The van der Waals surface area contributed by atoms with E-state index in [9.17, 15) is 4.79 Å². The number of benzene rings is 2. The molecule has 6 heteroatoms. The molecule has 0 aliphatic carbocycles. The van der Waals surface area contributed by atoms with Crippen LogP contribution in [0.25, 0.3) is 33.3 Å². The van der Waals surface area contributed by atoms with E-state index in [-0.39, 0.29) is 12.3 Å². The molecule has 2 aromatic carbocycles. The van der Waals surface area contributed by atoms with E-state index in [1.165, 1.54) is 0 Å². The van der Waals surface area contributed by atoms with Gasteiger partial charge in [0.2, 0.25) is 6.29 Å². The number of H-pyrrole nitrogens is 1. The first-order valence-electron chi connectivity index (χ1n) is 11.0. The molecule has 4 aromatic rings. The SMILES string of the molecule is CCOC(=O)c1c(-c2ccc3[nH]ccc3c2)c(C)n2c1-c1cc3c(cc1CC2)OC(C)O3. The summed E-state index contributed by atoms with van der Waals surface area (Å²) in [5, 5.41) is 1.11. The van der Waals surface area contributed by atoms with Gasteiger partial charge in [0.05, 0.1) is 17.9 Å². The van der Waals surface area contributed by atoms with Crippen molar-refractivity contribution in [2.45, 2.75) is 40.0 Å². The van der Waals surface area contributed by atoms with Crippen molar-refractivity contribution in [3.63, 3.8) is 0 Å². The molecule has 4 heterocycles. The highest BCUT2D eigenvalue weighted by Crippen LogP contribution is 2.47. The number of carbonyl (C=O) groups is 1. The van der Waals surface area contributed by atoms with Gasteiger partial charge in [0, 0.05) is 42.0 Å². The number of carbonyl (C=O) groups excluding carboxylic acids is 1. The van der Waals surface area contributed by atoms with Crippen molar-refractivity contribution in [2.24, 2.45) is 0 Å². The number of rotatable bonds is 3. The molecular weight excluding hydrogens is 404 g/mol. The monoisotopic (exact) mass is 428 g/mol. The predicted molar refractivity (Wildman–Crippen MR) is 122 cm³/mol. The minimum absolute atomic E-state index is 0.299. The Morgan fingerprint density at radius 2 is 2.00 bits per heavy atom. The lowest BCUT2D eigenvalue weighted by Crippen LogP contribution is -2.14. The van der Waals surface area contributed by atoms with Crippen LogP contribution in [-0.2, 0) is 17.7 Å². The molecular formula is C26H24N2O4. The number of aromatic amines is 1. The molecule has 0 saturated carbocycles. The zero-order valence-electron chi connectivity index (χ0n) is 18.3. The Labute approximate surface area is 185 Å². The smallest absolute Gasteiger partial charge is 0.340 e. The molecule has 2 aromatic heterocycles. The van der Waals surface area contributed by atoms with Gasteiger partial charge in [-0.15, -0.1) is 0 Å². The predicted octanol–water partition coefficient (Wildman–Crippen LogP) is 5.46. The molecule has 6 rings (SSSR count). The summed E-state index contributed by atoms with van der Waals surface area (Å²) in [6.45, 7) is 6.92. The first-order valence-corrected chi connectivity index (χ1v) is 11.0. The van der Waals surface area contributed by atoms with Crippen LogP contribution in [0.5, 0.6) is 11.5 Å². The summed E-state index contributed by atoms with van der Waals surface area (Å²) < 4.78 is 19.4. The quantitative estimate of drug-likeness (QED) is 0.440. The van der Waals surface area contributed by atoms with Gasteiger partial charge in [-0.3, -0.25) is 0 Å². The normalized spacial score (nSPS) is 16.2. The van der Waals surface area contributed by atoms with Gasteiger partial charge in [-0.25, -0.2) is 4.79 Å². The first kappa shape index (κ1) is 19.0. The highest BCUT2D eigenvalue weighted by molar-refractivity contribution is 6.06. The molecule has 2 aliphatic rings. The van der Waals surface area contributed by atoms with Gasteiger partial charge in [0.15, 0.2) is 11.5 Å². The Kier molecular flexibility index (Phi) is 4.12. The third-order valence-corrected chi connectivity index (χ3v) is 6.46. The van der Waals surface area contributed by atoms with Gasteiger partial charge < -0.3 is 23.8 Å². The van der Waals surface area contributed by atoms with Crippen molar-refractivity contribution in [1.82, 2.24) is 9.55 Å². The molecule has 1 N–H and O–H groups in total. The number of hydrogen-bond donors (Lipinski definition) is 1. The Bertz CT molecular complexity index is 1390. The standard InChI is InChI=1S/C26H24N2O4/c1-4-30-26(29)24-23(18-5-6-20-17(11-18)7-9-27-20)14(2)28-10-8-16-12-21-22(32-15(3)31-21)13-19(16)25(24)28/h5-7,9,11-13,15,27H,4,8,10H2,1-3H3. The van der Waals surface area contributed by atoms with Crippen LogP contribution in [0.3, 0.4) is 0 Å². The molecule has 1 unspecified atom stereocenters. The van der Waals surface area contributed by atoms with Crippen LogP contribution in [-0.4, -0.2) is 28.4 Å². The zero-order valence-corrected chi connectivity index (χ0v) is 18.3. The summed E-state index contributed by atoms with van der Waals surface area (Å²) in [4.78, 5) is 16.6. The minimum Gasteiger partial charge on any atom is -0.462 e. The average Bonchev–Trinajstić information content (AvgIpc) is 3.46. The lowest BCUT2D eigenvalue weighted by atomic mass is 9.93. The van der Waals surface area contributed by atoms with Crippen molar-refractivity contribution in [1.29, 1.82) is 0 Å². The van der Waals surface area contributed by atoms with Crippen LogP contribution in [0, 0.1) is 6.92 Å². The fraction of sp³-hybridized carbons (Fsp3) is 0.269.